The van der Waals surface area contributed by atoms with Crippen LogP contribution in [-0.2, 0) is 0 Å². The minimum atomic E-state index is 0.853. The molecule has 0 radical (unpaired) electrons. The van der Waals surface area contributed by atoms with Gasteiger partial charge in [-0.15, -0.1) is 0 Å². The lowest BCUT2D eigenvalue weighted by atomic mass is 10.0. The Hall–Kier alpha value is -4.19. The Morgan fingerprint density at radius 1 is 1.18 bits per heavy atom. The van der Waals surface area contributed by atoms with Crippen molar-refractivity contribution in [3.05, 3.63) is 103 Å². The van der Waals surface area contributed by atoms with Gasteiger partial charge in [-0.1, -0.05) is 38.3 Å². The minimum Gasteiger partial charge on any atom is -0.357 e. The largest absolute Gasteiger partial charge is 0.357 e. The Labute approximate surface area is 200 Å². The topological polar surface area (TPSA) is 75.2 Å². The van der Waals surface area contributed by atoms with Crippen LogP contribution >= 0.6 is 0 Å². The number of nitrogens with one attached hydrogen (secondary N) is 2. The van der Waals surface area contributed by atoms with Crippen LogP contribution < -0.4 is 0 Å². The number of pyridine rings is 1. The molecule has 2 N–H and O–H groups in total. The van der Waals surface area contributed by atoms with Crippen LogP contribution in [0.3, 0.4) is 0 Å². The van der Waals surface area contributed by atoms with Crippen LogP contribution in [0.2, 0.25) is 0 Å². The number of nitrogens with zero attached hydrogens (tertiary/aromatic N) is 4. The van der Waals surface area contributed by atoms with Crippen LogP contribution in [-0.4, -0.2) is 29.7 Å². The number of imidazole rings is 1. The first-order valence-corrected chi connectivity index (χ1v) is 11.4. The molecule has 4 heterocycles. The van der Waals surface area contributed by atoms with E-state index in [-0.39, 0.29) is 0 Å². The standard InChI is InChI=1S/C28H30N6/c1-7-11-27(34-16-18(5)30-17-34)22-13-25(31-19(22)6)28-23-14-24(29-15-26(23)32-33-28)21(10-4)12-20(8-2)9-3/h7-8,10-17,31H,1-2,9H2,3-6H3,(H,32,33)/b20-12+,21-10+,27-11+. The molecule has 6 heteroatoms. The number of H-pyrrole nitrogens is 2. The fourth-order valence-corrected chi connectivity index (χ4v) is 4.02. The molecule has 0 aliphatic carbocycles. The summed E-state index contributed by atoms with van der Waals surface area (Å²) in [4.78, 5) is 12.6. The molecule has 0 atom stereocenters. The predicted octanol–water partition coefficient (Wildman–Crippen LogP) is 6.77. The first kappa shape index (κ1) is 23.0. The number of hydrogen-bond acceptors (Lipinski definition) is 3. The zero-order valence-electron chi connectivity index (χ0n) is 20.2. The Balaban J connectivity index is 1.80. The van der Waals surface area contributed by atoms with E-state index < -0.39 is 0 Å². The molecule has 0 bridgehead atoms. The zero-order valence-corrected chi connectivity index (χ0v) is 20.2. The molecule has 6 nitrogen and oxygen atoms in total. The molecule has 0 saturated carbocycles. The molecule has 4 rings (SSSR count). The van der Waals surface area contributed by atoms with Gasteiger partial charge in [0.05, 0.1) is 40.8 Å². The summed E-state index contributed by atoms with van der Waals surface area (Å²) in [5.41, 5.74) is 9.85. The van der Waals surface area contributed by atoms with E-state index in [1.165, 1.54) is 5.57 Å². The lowest BCUT2D eigenvalue weighted by Crippen LogP contribution is -1.96. The van der Waals surface area contributed by atoms with Gasteiger partial charge in [0.2, 0.25) is 0 Å². The van der Waals surface area contributed by atoms with E-state index in [9.17, 15) is 0 Å². The monoisotopic (exact) mass is 450 g/mol. The van der Waals surface area contributed by atoms with Gasteiger partial charge in [0.15, 0.2) is 0 Å². The first-order valence-electron chi connectivity index (χ1n) is 11.4. The molecule has 0 aliphatic heterocycles. The predicted molar refractivity (Wildman–Crippen MR) is 141 cm³/mol. The Morgan fingerprint density at radius 3 is 2.65 bits per heavy atom. The van der Waals surface area contributed by atoms with Crippen LogP contribution in [0.5, 0.6) is 0 Å². The van der Waals surface area contributed by atoms with Crippen molar-refractivity contribution in [2.45, 2.75) is 34.1 Å². The lowest BCUT2D eigenvalue weighted by Gasteiger charge is -2.07. The number of fused-ring (bicyclic) bond motifs is 1. The van der Waals surface area contributed by atoms with Crippen LogP contribution in [0.15, 0.2) is 80.0 Å². The highest BCUT2D eigenvalue weighted by Gasteiger charge is 2.17. The van der Waals surface area contributed by atoms with E-state index in [0.29, 0.717) is 0 Å². The molecule has 4 aromatic rings. The highest BCUT2D eigenvalue weighted by atomic mass is 15.1. The summed E-state index contributed by atoms with van der Waals surface area (Å²) in [6, 6.07) is 4.21. The van der Waals surface area contributed by atoms with Crippen LogP contribution in [0.25, 0.3) is 33.6 Å². The summed E-state index contributed by atoms with van der Waals surface area (Å²) in [7, 11) is 0. The van der Waals surface area contributed by atoms with Crippen molar-refractivity contribution in [2.24, 2.45) is 0 Å². The molecule has 172 valence electrons. The highest BCUT2D eigenvalue weighted by molar-refractivity contribution is 5.94. The number of aryl methyl sites for hydroxylation is 2. The summed E-state index contributed by atoms with van der Waals surface area (Å²) in [5.74, 6) is 0. The molecular weight excluding hydrogens is 420 g/mol. The second-order valence-corrected chi connectivity index (χ2v) is 8.14. The minimum absolute atomic E-state index is 0.853. The number of aromatic amines is 2. The average Bonchev–Trinajstić information content (AvgIpc) is 3.56. The molecular formula is C28H30N6. The fraction of sp³-hybridized carbons (Fsp3) is 0.179. The molecule has 0 saturated heterocycles. The Morgan fingerprint density at radius 2 is 2.00 bits per heavy atom. The molecule has 34 heavy (non-hydrogen) atoms. The van der Waals surface area contributed by atoms with Gasteiger partial charge in [0.25, 0.3) is 0 Å². The van der Waals surface area contributed by atoms with Crippen molar-refractivity contribution >= 4 is 22.2 Å². The summed E-state index contributed by atoms with van der Waals surface area (Å²) in [6.45, 7) is 16.0. The third-order valence-electron chi connectivity index (χ3n) is 5.88. The van der Waals surface area contributed by atoms with E-state index in [1.54, 1.807) is 6.08 Å². The number of hydrogen-bond donors (Lipinski definition) is 2. The second kappa shape index (κ2) is 9.75. The van der Waals surface area contributed by atoms with Crippen molar-refractivity contribution in [3.8, 4) is 11.4 Å². The smallest absolute Gasteiger partial charge is 0.116 e. The molecule has 0 amide bonds. The van der Waals surface area contributed by atoms with Gasteiger partial charge in [0, 0.05) is 22.8 Å². The zero-order chi connectivity index (χ0) is 24.2. The van der Waals surface area contributed by atoms with E-state index in [4.69, 9.17) is 0 Å². The normalized spacial score (nSPS) is 13.0. The van der Waals surface area contributed by atoms with Crippen LogP contribution in [0, 0.1) is 13.8 Å². The Bertz CT molecular complexity index is 1450. The van der Waals surface area contributed by atoms with Gasteiger partial charge in [-0.3, -0.25) is 10.1 Å². The van der Waals surface area contributed by atoms with E-state index >= 15 is 0 Å². The third-order valence-corrected chi connectivity index (χ3v) is 5.88. The maximum atomic E-state index is 4.66. The van der Waals surface area contributed by atoms with E-state index in [2.05, 4.69) is 76.4 Å². The third kappa shape index (κ3) is 4.35. The van der Waals surface area contributed by atoms with Gasteiger partial charge in [0.1, 0.15) is 5.69 Å². The van der Waals surface area contributed by atoms with Gasteiger partial charge >= 0.3 is 0 Å². The summed E-state index contributed by atoms with van der Waals surface area (Å²) in [6.07, 6.45) is 16.5. The Kier molecular flexibility index (Phi) is 6.59. The summed E-state index contributed by atoms with van der Waals surface area (Å²) in [5, 5.41) is 8.75. The molecule has 0 aliphatic rings. The van der Waals surface area contributed by atoms with Gasteiger partial charge in [-0.2, -0.15) is 5.10 Å². The van der Waals surface area contributed by atoms with Crippen molar-refractivity contribution < 1.29 is 0 Å². The quantitative estimate of drug-likeness (QED) is 0.291. The number of allylic oxidation sites excluding steroid dienone is 7. The number of aromatic nitrogens is 6. The fourth-order valence-electron chi connectivity index (χ4n) is 4.02. The SMILES string of the molecule is C=C/C=C(\c1cc(-c2n[nH]c3cnc(C(/C=C(\C=C)CC)=C/C)cc23)[nH]c1C)n1cnc(C)c1. The average molecular weight is 451 g/mol. The van der Waals surface area contributed by atoms with Crippen molar-refractivity contribution in [1.82, 2.24) is 29.7 Å². The van der Waals surface area contributed by atoms with E-state index in [0.717, 1.165) is 62.6 Å². The van der Waals surface area contributed by atoms with Gasteiger partial charge in [-0.05, 0) is 62.6 Å². The summed E-state index contributed by atoms with van der Waals surface area (Å²) < 4.78 is 2.01. The molecule has 0 unspecified atom stereocenters. The van der Waals surface area contributed by atoms with Crippen LogP contribution in [0.1, 0.15) is 42.9 Å². The van der Waals surface area contributed by atoms with Gasteiger partial charge in [-0.25, -0.2) is 4.98 Å². The highest BCUT2D eigenvalue weighted by Crippen LogP contribution is 2.32. The lowest BCUT2D eigenvalue weighted by molar-refractivity contribution is 1.08. The summed E-state index contributed by atoms with van der Waals surface area (Å²) >= 11 is 0. The molecule has 4 aromatic heterocycles. The first-order chi connectivity index (χ1) is 16.5. The second-order valence-electron chi connectivity index (χ2n) is 8.14. The maximum Gasteiger partial charge on any atom is 0.116 e. The van der Waals surface area contributed by atoms with Crippen LogP contribution in [0.4, 0.5) is 0 Å². The number of rotatable bonds is 8. The molecule has 0 fully saturated rings. The van der Waals surface area contributed by atoms with Crippen molar-refractivity contribution in [2.75, 3.05) is 0 Å². The van der Waals surface area contributed by atoms with Crippen molar-refractivity contribution in [3.63, 3.8) is 0 Å². The van der Waals surface area contributed by atoms with Crippen molar-refractivity contribution in [1.29, 1.82) is 0 Å². The maximum absolute atomic E-state index is 4.66. The van der Waals surface area contributed by atoms with E-state index in [1.807, 2.05) is 49.3 Å². The molecule has 0 spiro atoms. The van der Waals surface area contributed by atoms with Gasteiger partial charge < -0.3 is 9.55 Å². The molecule has 0 aromatic carbocycles.